The second-order valence-corrected chi connectivity index (χ2v) is 6.31. The molecule has 0 fully saturated rings. The van der Waals surface area contributed by atoms with Gasteiger partial charge in [0.15, 0.2) is 0 Å². The van der Waals surface area contributed by atoms with Crippen molar-refractivity contribution in [2.45, 2.75) is 37.0 Å². The third-order valence-electron chi connectivity index (χ3n) is 3.63. The molecule has 2 aromatic carbocycles. The van der Waals surface area contributed by atoms with E-state index in [4.69, 9.17) is 0 Å². The normalized spacial score (nSPS) is 11.2. The molecule has 0 saturated heterocycles. The standard InChI is InChI=1S/C18H19NS/c1-4-14-6-8-15(9-7-14)20-18-13(3)19-17-10-5-12(2)11-16(17)18/h5-11,19H,4H2,1-3H3. The minimum absolute atomic E-state index is 1.09. The zero-order chi connectivity index (χ0) is 14.1. The zero-order valence-corrected chi connectivity index (χ0v) is 13.0. The number of rotatable bonds is 3. The summed E-state index contributed by atoms with van der Waals surface area (Å²) in [4.78, 5) is 6.12. The van der Waals surface area contributed by atoms with Crippen LogP contribution in [0.15, 0.2) is 52.3 Å². The molecule has 20 heavy (non-hydrogen) atoms. The van der Waals surface area contributed by atoms with Crippen molar-refractivity contribution < 1.29 is 0 Å². The van der Waals surface area contributed by atoms with Gasteiger partial charge in [0, 0.05) is 26.4 Å². The van der Waals surface area contributed by atoms with Gasteiger partial charge in [-0.05, 0) is 50.1 Å². The van der Waals surface area contributed by atoms with Gasteiger partial charge in [-0.15, -0.1) is 0 Å². The summed E-state index contributed by atoms with van der Waals surface area (Å²) in [6.07, 6.45) is 1.09. The Balaban J connectivity index is 2.00. The summed E-state index contributed by atoms with van der Waals surface area (Å²) in [5, 5.41) is 1.33. The van der Waals surface area contributed by atoms with Crippen LogP contribution in [-0.4, -0.2) is 4.98 Å². The Morgan fingerprint density at radius 2 is 1.75 bits per heavy atom. The van der Waals surface area contributed by atoms with Crippen molar-refractivity contribution in [3.8, 4) is 0 Å². The summed E-state index contributed by atoms with van der Waals surface area (Å²) in [6.45, 7) is 6.49. The topological polar surface area (TPSA) is 15.8 Å². The summed E-state index contributed by atoms with van der Waals surface area (Å²) in [5.74, 6) is 0. The average molecular weight is 281 g/mol. The van der Waals surface area contributed by atoms with E-state index >= 15 is 0 Å². The van der Waals surface area contributed by atoms with E-state index in [1.807, 2.05) is 11.8 Å². The Labute approximate surface area is 124 Å². The summed E-state index contributed by atoms with van der Waals surface area (Å²) < 4.78 is 0. The summed E-state index contributed by atoms with van der Waals surface area (Å²) in [6, 6.07) is 15.5. The smallest absolute Gasteiger partial charge is 0.0467 e. The fraction of sp³-hybridized carbons (Fsp3) is 0.222. The fourth-order valence-corrected chi connectivity index (χ4v) is 3.45. The molecule has 0 unspecified atom stereocenters. The summed E-state index contributed by atoms with van der Waals surface area (Å²) >= 11 is 1.85. The van der Waals surface area contributed by atoms with Crippen LogP contribution in [0.5, 0.6) is 0 Å². The highest BCUT2D eigenvalue weighted by Gasteiger charge is 2.10. The van der Waals surface area contributed by atoms with Crippen molar-refractivity contribution in [1.29, 1.82) is 0 Å². The Kier molecular flexibility index (Phi) is 3.58. The van der Waals surface area contributed by atoms with Crippen molar-refractivity contribution in [2.24, 2.45) is 0 Å². The minimum atomic E-state index is 1.09. The molecule has 1 heterocycles. The lowest BCUT2D eigenvalue weighted by Crippen LogP contribution is -1.80. The first-order chi connectivity index (χ1) is 9.67. The van der Waals surface area contributed by atoms with Crippen LogP contribution < -0.4 is 0 Å². The lowest BCUT2D eigenvalue weighted by atomic mass is 10.2. The van der Waals surface area contributed by atoms with E-state index in [2.05, 4.69) is 68.2 Å². The van der Waals surface area contributed by atoms with E-state index in [9.17, 15) is 0 Å². The predicted molar refractivity (Wildman–Crippen MR) is 87.7 cm³/mol. The van der Waals surface area contributed by atoms with Crippen LogP contribution >= 0.6 is 11.8 Å². The predicted octanol–water partition coefficient (Wildman–Crippen LogP) is 5.50. The first kappa shape index (κ1) is 13.3. The first-order valence-corrected chi connectivity index (χ1v) is 7.84. The lowest BCUT2D eigenvalue weighted by Gasteiger charge is -2.04. The van der Waals surface area contributed by atoms with Gasteiger partial charge in [0.25, 0.3) is 0 Å². The van der Waals surface area contributed by atoms with Crippen LogP contribution in [0.2, 0.25) is 0 Å². The SMILES string of the molecule is CCc1ccc(Sc2c(C)[nH]c3ccc(C)cc23)cc1. The maximum absolute atomic E-state index is 3.48. The van der Waals surface area contributed by atoms with Gasteiger partial charge in [-0.1, -0.05) is 42.4 Å². The quantitative estimate of drug-likeness (QED) is 0.670. The van der Waals surface area contributed by atoms with Crippen molar-refractivity contribution in [2.75, 3.05) is 0 Å². The molecular weight excluding hydrogens is 262 g/mol. The molecule has 0 bridgehead atoms. The van der Waals surface area contributed by atoms with Gasteiger partial charge in [-0.2, -0.15) is 0 Å². The van der Waals surface area contributed by atoms with Crippen LogP contribution in [0, 0.1) is 13.8 Å². The molecule has 3 aromatic rings. The molecule has 0 atom stereocenters. The van der Waals surface area contributed by atoms with Gasteiger partial charge in [0.05, 0.1) is 0 Å². The maximum atomic E-state index is 3.48. The fourth-order valence-electron chi connectivity index (χ4n) is 2.46. The van der Waals surface area contributed by atoms with Crippen molar-refractivity contribution >= 4 is 22.7 Å². The maximum Gasteiger partial charge on any atom is 0.0467 e. The molecule has 1 nitrogen and oxygen atoms in total. The monoisotopic (exact) mass is 281 g/mol. The van der Waals surface area contributed by atoms with E-state index in [1.54, 1.807) is 0 Å². The molecular formula is C18H19NS. The number of hydrogen-bond acceptors (Lipinski definition) is 1. The van der Waals surface area contributed by atoms with Crippen molar-refractivity contribution in [3.05, 3.63) is 59.3 Å². The highest BCUT2D eigenvalue weighted by molar-refractivity contribution is 7.99. The van der Waals surface area contributed by atoms with Crippen molar-refractivity contribution in [3.63, 3.8) is 0 Å². The average Bonchev–Trinajstić information content (AvgIpc) is 2.76. The highest BCUT2D eigenvalue weighted by atomic mass is 32.2. The first-order valence-electron chi connectivity index (χ1n) is 7.03. The van der Waals surface area contributed by atoms with Gasteiger partial charge in [0.1, 0.15) is 0 Å². The van der Waals surface area contributed by atoms with E-state index in [0.29, 0.717) is 0 Å². The Bertz CT molecular complexity index is 738. The summed E-state index contributed by atoms with van der Waals surface area (Å²) in [5.41, 5.74) is 5.16. The molecule has 0 aliphatic carbocycles. The van der Waals surface area contributed by atoms with E-state index in [-0.39, 0.29) is 0 Å². The minimum Gasteiger partial charge on any atom is -0.358 e. The molecule has 3 rings (SSSR count). The number of H-pyrrole nitrogens is 1. The van der Waals surface area contributed by atoms with E-state index in [1.165, 1.54) is 37.5 Å². The number of aromatic nitrogens is 1. The third-order valence-corrected chi connectivity index (χ3v) is 4.87. The number of fused-ring (bicyclic) bond motifs is 1. The molecule has 102 valence electrons. The second-order valence-electron chi connectivity index (χ2n) is 5.23. The van der Waals surface area contributed by atoms with Gasteiger partial charge < -0.3 is 4.98 Å². The zero-order valence-electron chi connectivity index (χ0n) is 12.2. The van der Waals surface area contributed by atoms with Crippen molar-refractivity contribution in [1.82, 2.24) is 4.98 Å². The molecule has 2 heteroatoms. The highest BCUT2D eigenvalue weighted by Crippen LogP contribution is 2.36. The molecule has 1 aromatic heterocycles. The number of benzene rings is 2. The number of hydrogen-bond donors (Lipinski definition) is 1. The van der Waals surface area contributed by atoms with Crippen LogP contribution in [0.4, 0.5) is 0 Å². The van der Waals surface area contributed by atoms with Gasteiger partial charge in [-0.3, -0.25) is 0 Å². The molecule has 0 aliphatic heterocycles. The molecule has 0 radical (unpaired) electrons. The lowest BCUT2D eigenvalue weighted by molar-refractivity contribution is 1.13. The van der Waals surface area contributed by atoms with E-state index in [0.717, 1.165) is 6.42 Å². The largest absolute Gasteiger partial charge is 0.358 e. The molecule has 0 spiro atoms. The molecule has 0 amide bonds. The summed E-state index contributed by atoms with van der Waals surface area (Å²) in [7, 11) is 0. The van der Waals surface area contributed by atoms with E-state index < -0.39 is 0 Å². The van der Waals surface area contributed by atoms with Gasteiger partial charge >= 0.3 is 0 Å². The number of nitrogens with one attached hydrogen (secondary N) is 1. The van der Waals surface area contributed by atoms with Gasteiger partial charge in [-0.25, -0.2) is 0 Å². The van der Waals surface area contributed by atoms with Gasteiger partial charge in [0.2, 0.25) is 0 Å². The number of aryl methyl sites for hydroxylation is 3. The van der Waals surface area contributed by atoms with Crippen LogP contribution in [0.3, 0.4) is 0 Å². The molecule has 0 saturated carbocycles. The second kappa shape index (κ2) is 5.37. The molecule has 1 N–H and O–H groups in total. The Morgan fingerprint density at radius 1 is 1.00 bits per heavy atom. The van der Waals surface area contributed by atoms with Crippen LogP contribution in [0.1, 0.15) is 23.7 Å². The van der Waals surface area contributed by atoms with Crippen LogP contribution in [-0.2, 0) is 6.42 Å². The Morgan fingerprint density at radius 3 is 2.45 bits per heavy atom. The number of aromatic amines is 1. The van der Waals surface area contributed by atoms with Crippen LogP contribution in [0.25, 0.3) is 10.9 Å². The molecule has 0 aliphatic rings. The third kappa shape index (κ3) is 2.48. The Hall–Kier alpha value is -1.67.